The summed E-state index contributed by atoms with van der Waals surface area (Å²) >= 11 is 0. The molecule has 1 heterocycles. The van der Waals surface area contributed by atoms with Crippen LogP contribution in [-0.4, -0.2) is 20.9 Å². The van der Waals surface area contributed by atoms with Crippen molar-refractivity contribution >= 4 is 11.7 Å². The Morgan fingerprint density at radius 2 is 2.22 bits per heavy atom. The monoisotopic (exact) mass is 242 g/mol. The van der Waals surface area contributed by atoms with Crippen LogP contribution in [-0.2, 0) is 6.54 Å². The predicted molar refractivity (Wildman–Crippen MR) is 63.9 cm³/mol. The lowest BCUT2D eigenvalue weighted by molar-refractivity contribution is 0.0690. The van der Waals surface area contributed by atoms with Crippen molar-refractivity contribution in [2.24, 2.45) is 0 Å². The quantitative estimate of drug-likeness (QED) is 0.837. The van der Waals surface area contributed by atoms with E-state index in [2.05, 4.69) is 11.2 Å². The van der Waals surface area contributed by atoms with Crippen molar-refractivity contribution in [3.05, 3.63) is 47.3 Å². The van der Waals surface area contributed by atoms with Crippen LogP contribution in [0.2, 0.25) is 0 Å². The number of nitrogens with two attached hydrogens (primary N) is 1. The van der Waals surface area contributed by atoms with Gasteiger partial charge in [0.1, 0.15) is 0 Å². The molecule has 0 amide bonds. The number of hydrogen-bond acceptors (Lipinski definition) is 4. The minimum absolute atomic E-state index is 0.108. The second-order valence-electron chi connectivity index (χ2n) is 3.70. The van der Waals surface area contributed by atoms with Crippen LogP contribution in [0.25, 0.3) is 0 Å². The fraction of sp³-hybridized carbons (Fsp3) is 0.0833. The zero-order valence-corrected chi connectivity index (χ0v) is 9.37. The summed E-state index contributed by atoms with van der Waals surface area (Å²) in [6.07, 6.45) is 1.44. The molecule has 0 atom stereocenters. The van der Waals surface area contributed by atoms with Crippen molar-refractivity contribution in [3.63, 3.8) is 0 Å². The Hall–Kier alpha value is -2.81. The van der Waals surface area contributed by atoms with Crippen LogP contribution in [0.5, 0.6) is 0 Å². The maximum Gasteiger partial charge on any atom is 0.358 e. The predicted octanol–water partition coefficient (Wildman–Crippen LogP) is 1.08. The number of benzene rings is 1. The van der Waals surface area contributed by atoms with Crippen LogP contribution in [0, 0.1) is 11.3 Å². The van der Waals surface area contributed by atoms with Gasteiger partial charge in [0.15, 0.2) is 5.69 Å². The van der Waals surface area contributed by atoms with E-state index in [1.54, 1.807) is 24.3 Å². The standard InChI is InChI=1S/C12H10N4O2/c13-5-8-3-1-2-4-9(8)6-16-7-10(14)11(15-16)12(17)18/h1-4,7H,6,14H2,(H,17,18). The van der Waals surface area contributed by atoms with Crippen LogP contribution in [0.1, 0.15) is 21.6 Å². The zero-order valence-electron chi connectivity index (χ0n) is 9.37. The molecule has 0 aliphatic carbocycles. The summed E-state index contributed by atoms with van der Waals surface area (Å²) in [5.74, 6) is -1.17. The minimum Gasteiger partial charge on any atom is -0.476 e. The SMILES string of the molecule is N#Cc1ccccc1Cn1cc(N)c(C(=O)O)n1. The van der Waals surface area contributed by atoms with E-state index in [0.717, 1.165) is 5.56 Å². The molecule has 2 aromatic rings. The lowest BCUT2D eigenvalue weighted by atomic mass is 10.1. The van der Waals surface area contributed by atoms with Crippen molar-refractivity contribution in [1.82, 2.24) is 9.78 Å². The lowest BCUT2D eigenvalue weighted by Gasteiger charge is -2.03. The summed E-state index contributed by atoms with van der Waals surface area (Å²) in [6.45, 7) is 0.307. The molecule has 2 rings (SSSR count). The highest BCUT2D eigenvalue weighted by molar-refractivity contribution is 5.91. The summed E-state index contributed by atoms with van der Waals surface area (Å²) in [6, 6.07) is 9.13. The highest BCUT2D eigenvalue weighted by atomic mass is 16.4. The van der Waals surface area contributed by atoms with Gasteiger partial charge < -0.3 is 10.8 Å². The highest BCUT2D eigenvalue weighted by Crippen LogP contribution is 2.13. The molecular weight excluding hydrogens is 232 g/mol. The Kier molecular flexibility index (Phi) is 2.98. The van der Waals surface area contributed by atoms with Gasteiger partial charge in [-0.2, -0.15) is 10.4 Å². The average molecular weight is 242 g/mol. The highest BCUT2D eigenvalue weighted by Gasteiger charge is 2.13. The first-order valence-electron chi connectivity index (χ1n) is 5.16. The molecule has 1 aromatic carbocycles. The number of nitrogens with zero attached hydrogens (tertiary/aromatic N) is 3. The average Bonchev–Trinajstić information content (AvgIpc) is 2.71. The molecule has 0 bridgehead atoms. The number of anilines is 1. The third-order valence-corrected chi connectivity index (χ3v) is 2.46. The summed E-state index contributed by atoms with van der Waals surface area (Å²) in [5, 5.41) is 21.6. The third-order valence-electron chi connectivity index (χ3n) is 2.46. The number of rotatable bonds is 3. The Labute approximate surface area is 103 Å². The van der Waals surface area contributed by atoms with Gasteiger partial charge >= 0.3 is 5.97 Å². The molecule has 0 aliphatic rings. The van der Waals surface area contributed by atoms with E-state index in [9.17, 15) is 4.79 Å². The van der Waals surface area contributed by atoms with E-state index in [-0.39, 0.29) is 11.4 Å². The van der Waals surface area contributed by atoms with Crippen molar-refractivity contribution in [3.8, 4) is 6.07 Å². The fourth-order valence-electron chi connectivity index (χ4n) is 1.63. The number of aromatic carboxylic acids is 1. The van der Waals surface area contributed by atoms with E-state index in [4.69, 9.17) is 16.1 Å². The molecule has 0 saturated heterocycles. The van der Waals surface area contributed by atoms with Gasteiger partial charge in [0.2, 0.25) is 0 Å². The van der Waals surface area contributed by atoms with E-state index in [1.807, 2.05) is 0 Å². The maximum absolute atomic E-state index is 10.8. The molecule has 3 N–H and O–H groups in total. The molecule has 90 valence electrons. The summed E-state index contributed by atoms with van der Waals surface area (Å²) in [7, 11) is 0. The molecule has 6 heteroatoms. The normalized spacial score (nSPS) is 9.94. The molecule has 6 nitrogen and oxygen atoms in total. The van der Waals surface area contributed by atoms with Gasteiger partial charge in [-0.3, -0.25) is 4.68 Å². The van der Waals surface area contributed by atoms with Gasteiger partial charge in [-0.25, -0.2) is 4.79 Å². The van der Waals surface area contributed by atoms with Gasteiger partial charge in [0, 0.05) is 6.20 Å². The van der Waals surface area contributed by atoms with E-state index in [0.29, 0.717) is 12.1 Å². The van der Waals surface area contributed by atoms with Crippen molar-refractivity contribution in [2.45, 2.75) is 6.54 Å². The number of carboxylic acids is 1. The van der Waals surface area contributed by atoms with Crippen LogP contribution in [0.4, 0.5) is 5.69 Å². The lowest BCUT2D eigenvalue weighted by Crippen LogP contribution is -2.05. The molecule has 0 spiro atoms. The fourth-order valence-corrected chi connectivity index (χ4v) is 1.63. The van der Waals surface area contributed by atoms with Crippen molar-refractivity contribution in [1.29, 1.82) is 5.26 Å². The largest absolute Gasteiger partial charge is 0.476 e. The molecule has 0 saturated carbocycles. The van der Waals surface area contributed by atoms with Crippen molar-refractivity contribution < 1.29 is 9.90 Å². The summed E-state index contributed by atoms with van der Waals surface area (Å²) in [4.78, 5) is 10.8. The molecule has 0 fully saturated rings. The number of hydrogen-bond donors (Lipinski definition) is 2. The van der Waals surface area contributed by atoms with Crippen LogP contribution in [0.3, 0.4) is 0 Å². The first kappa shape index (κ1) is 11.7. The Bertz CT molecular complexity index is 640. The molecular formula is C12H10N4O2. The first-order valence-corrected chi connectivity index (χ1v) is 5.16. The molecule has 0 radical (unpaired) electrons. The van der Waals surface area contributed by atoms with Gasteiger partial charge in [-0.15, -0.1) is 0 Å². The number of aromatic nitrogens is 2. The van der Waals surface area contributed by atoms with E-state index >= 15 is 0 Å². The van der Waals surface area contributed by atoms with Crippen molar-refractivity contribution in [2.75, 3.05) is 5.73 Å². The number of nitriles is 1. The number of nitrogen functional groups attached to an aromatic ring is 1. The van der Waals surface area contributed by atoms with Gasteiger partial charge in [-0.05, 0) is 11.6 Å². The minimum atomic E-state index is -1.17. The maximum atomic E-state index is 10.8. The molecule has 18 heavy (non-hydrogen) atoms. The number of carboxylic acid groups (broad SMARTS) is 1. The Morgan fingerprint density at radius 1 is 1.50 bits per heavy atom. The second kappa shape index (κ2) is 4.59. The Morgan fingerprint density at radius 3 is 2.83 bits per heavy atom. The Balaban J connectivity index is 2.32. The summed E-state index contributed by atoms with van der Waals surface area (Å²) in [5.41, 5.74) is 6.76. The van der Waals surface area contributed by atoms with Gasteiger partial charge in [-0.1, -0.05) is 18.2 Å². The van der Waals surface area contributed by atoms with Crippen LogP contribution in [0.15, 0.2) is 30.5 Å². The van der Waals surface area contributed by atoms with Gasteiger partial charge in [0.05, 0.1) is 23.9 Å². The number of carbonyl (C=O) groups is 1. The molecule has 0 unspecified atom stereocenters. The van der Waals surface area contributed by atoms with Crippen LogP contribution >= 0.6 is 0 Å². The first-order chi connectivity index (χ1) is 8.61. The molecule has 0 aliphatic heterocycles. The zero-order chi connectivity index (χ0) is 13.1. The topological polar surface area (TPSA) is 105 Å². The van der Waals surface area contributed by atoms with E-state index in [1.165, 1.54) is 10.9 Å². The van der Waals surface area contributed by atoms with E-state index < -0.39 is 5.97 Å². The van der Waals surface area contributed by atoms with Gasteiger partial charge in [0.25, 0.3) is 0 Å². The third kappa shape index (κ3) is 2.15. The second-order valence-corrected chi connectivity index (χ2v) is 3.70. The smallest absolute Gasteiger partial charge is 0.358 e. The van der Waals surface area contributed by atoms with Crippen LogP contribution < -0.4 is 5.73 Å². The summed E-state index contributed by atoms with van der Waals surface area (Å²) < 4.78 is 1.41. The molecule has 1 aromatic heterocycles.